The van der Waals surface area contributed by atoms with Crippen LogP contribution in [0.2, 0.25) is 5.02 Å². The Morgan fingerprint density at radius 2 is 1.54 bits per heavy atom. The topological polar surface area (TPSA) is 45.4 Å². The predicted molar refractivity (Wildman–Crippen MR) is 110 cm³/mol. The molecular formula is C21H21ClN4. The Kier molecular flexibility index (Phi) is 4.67. The van der Waals surface area contributed by atoms with Crippen molar-refractivity contribution in [1.82, 2.24) is 4.98 Å². The molecule has 1 fully saturated rings. The summed E-state index contributed by atoms with van der Waals surface area (Å²) in [5, 5.41) is 0.779. The van der Waals surface area contributed by atoms with E-state index in [-0.39, 0.29) is 0 Å². The van der Waals surface area contributed by atoms with Gasteiger partial charge < -0.3 is 15.5 Å². The van der Waals surface area contributed by atoms with Gasteiger partial charge in [-0.2, -0.15) is 0 Å². The largest absolute Gasteiger partial charge is 0.399 e. The number of nitrogens with zero attached hydrogens (tertiary/aromatic N) is 3. The van der Waals surface area contributed by atoms with Crippen LogP contribution in [-0.4, -0.2) is 31.2 Å². The van der Waals surface area contributed by atoms with Crippen molar-refractivity contribution in [3.8, 4) is 11.3 Å². The third-order valence-corrected chi connectivity index (χ3v) is 4.93. The van der Waals surface area contributed by atoms with Crippen LogP contribution < -0.4 is 15.5 Å². The lowest BCUT2D eigenvalue weighted by Crippen LogP contribution is -2.46. The van der Waals surface area contributed by atoms with Gasteiger partial charge in [-0.3, -0.25) is 0 Å². The summed E-state index contributed by atoms with van der Waals surface area (Å²) in [4.78, 5) is 9.55. The first-order valence-electron chi connectivity index (χ1n) is 8.77. The fourth-order valence-electron chi connectivity index (χ4n) is 3.32. The average Bonchev–Trinajstić information content (AvgIpc) is 2.68. The number of halogens is 1. The van der Waals surface area contributed by atoms with Crippen LogP contribution in [0.1, 0.15) is 0 Å². The van der Waals surface area contributed by atoms with Crippen molar-refractivity contribution in [2.75, 3.05) is 41.7 Å². The number of pyridine rings is 1. The quantitative estimate of drug-likeness (QED) is 0.703. The van der Waals surface area contributed by atoms with Gasteiger partial charge in [-0.15, -0.1) is 0 Å². The summed E-state index contributed by atoms with van der Waals surface area (Å²) in [5.41, 5.74) is 9.84. The minimum absolute atomic E-state index is 0.754. The summed E-state index contributed by atoms with van der Waals surface area (Å²) in [7, 11) is 0. The molecule has 132 valence electrons. The van der Waals surface area contributed by atoms with E-state index in [1.54, 1.807) is 0 Å². The van der Waals surface area contributed by atoms with Gasteiger partial charge in [-0.25, -0.2) is 4.98 Å². The van der Waals surface area contributed by atoms with Crippen molar-refractivity contribution < 1.29 is 0 Å². The number of anilines is 3. The van der Waals surface area contributed by atoms with Crippen LogP contribution in [0.3, 0.4) is 0 Å². The number of hydrogen-bond acceptors (Lipinski definition) is 4. The van der Waals surface area contributed by atoms with E-state index in [9.17, 15) is 0 Å². The number of nitrogens with two attached hydrogens (primary N) is 1. The van der Waals surface area contributed by atoms with Crippen molar-refractivity contribution in [3.05, 3.63) is 71.8 Å². The fourth-order valence-corrected chi connectivity index (χ4v) is 3.51. The second-order valence-corrected chi connectivity index (χ2v) is 6.90. The maximum atomic E-state index is 6.12. The normalized spacial score (nSPS) is 14.5. The van der Waals surface area contributed by atoms with Crippen LogP contribution in [0, 0.1) is 0 Å². The first kappa shape index (κ1) is 16.7. The molecule has 1 aliphatic heterocycles. The molecule has 0 aliphatic carbocycles. The Hall–Kier alpha value is -2.72. The van der Waals surface area contributed by atoms with Gasteiger partial charge >= 0.3 is 0 Å². The lowest BCUT2D eigenvalue weighted by molar-refractivity contribution is 0.648. The van der Waals surface area contributed by atoms with Crippen molar-refractivity contribution in [1.29, 1.82) is 0 Å². The van der Waals surface area contributed by atoms with Gasteiger partial charge in [0, 0.05) is 48.1 Å². The zero-order valence-electron chi connectivity index (χ0n) is 14.5. The Balaban J connectivity index is 1.49. The van der Waals surface area contributed by atoms with Crippen LogP contribution in [0.15, 0.2) is 66.7 Å². The van der Waals surface area contributed by atoms with E-state index in [2.05, 4.69) is 28.0 Å². The smallest absolute Gasteiger partial charge is 0.129 e. The maximum absolute atomic E-state index is 6.12. The molecule has 2 heterocycles. The molecule has 4 rings (SSSR count). The molecule has 2 N–H and O–H groups in total. The van der Waals surface area contributed by atoms with Crippen LogP contribution in [0.4, 0.5) is 17.2 Å². The van der Waals surface area contributed by atoms with Gasteiger partial charge in [-0.05, 0) is 42.5 Å². The predicted octanol–water partition coefficient (Wildman–Crippen LogP) is 4.31. The third-order valence-electron chi connectivity index (χ3n) is 4.69. The summed E-state index contributed by atoms with van der Waals surface area (Å²) < 4.78 is 0. The van der Waals surface area contributed by atoms with E-state index in [1.807, 2.05) is 48.5 Å². The number of piperazine rings is 1. The molecule has 3 aromatic rings. The Morgan fingerprint density at radius 3 is 2.31 bits per heavy atom. The van der Waals surface area contributed by atoms with Crippen molar-refractivity contribution >= 4 is 28.8 Å². The van der Waals surface area contributed by atoms with Crippen LogP contribution >= 0.6 is 11.6 Å². The fraction of sp³-hybridized carbons (Fsp3) is 0.190. The molecule has 2 aromatic carbocycles. The van der Waals surface area contributed by atoms with E-state index >= 15 is 0 Å². The lowest BCUT2D eigenvalue weighted by atomic mass is 10.1. The standard InChI is InChI=1S/C21H21ClN4/c22-17-5-2-7-19(15-17)25-10-12-26(13-11-25)21-9-3-8-20(24-21)16-4-1-6-18(23)14-16/h1-9,14-15H,10-13,23H2. The highest BCUT2D eigenvalue weighted by Gasteiger charge is 2.18. The molecule has 0 bridgehead atoms. The van der Waals surface area contributed by atoms with Crippen LogP contribution in [0.5, 0.6) is 0 Å². The SMILES string of the molecule is Nc1cccc(-c2cccc(N3CCN(c4cccc(Cl)c4)CC3)n2)c1. The number of rotatable bonds is 3. The Bertz CT molecular complexity index is 904. The lowest BCUT2D eigenvalue weighted by Gasteiger charge is -2.37. The van der Waals surface area contributed by atoms with Crippen molar-refractivity contribution in [2.45, 2.75) is 0 Å². The van der Waals surface area contributed by atoms with Gasteiger partial charge in [0.05, 0.1) is 5.69 Å². The van der Waals surface area contributed by atoms with Gasteiger partial charge in [-0.1, -0.05) is 35.9 Å². The molecule has 0 amide bonds. The summed E-state index contributed by atoms with van der Waals surface area (Å²) in [6.07, 6.45) is 0. The summed E-state index contributed by atoms with van der Waals surface area (Å²) in [5.74, 6) is 1.01. The Morgan fingerprint density at radius 1 is 0.808 bits per heavy atom. The van der Waals surface area contributed by atoms with Crippen LogP contribution in [-0.2, 0) is 0 Å². The molecule has 0 saturated carbocycles. The highest BCUT2D eigenvalue weighted by molar-refractivity contribution is 6.30. The molecule has 0 spiro atoms. The zero-order valence-corrected chi connectivity index (χ0v) is 15.2. The molecule has 26 heavy (non-hydrogen) atoms. The summed E-state index contributed by atoms with van der Waals surface area (Å²) in [6.45, 7) is 3.76. The molecule has 0 atom stereocenters. The van der Waals surface area contributed by atoms with Gasteiger partial charge in [0.2, 0.25) is 0 Å². The van der Waals surface area contributed by atoms with Crippen LogP contribution in [0.25, 0.3) is 11.3 Å². The van der Waals surface area contributed by atoms with E-state index in [4.69, 9.17) is 22.3 Å². The third kappa shape index (κ3) is 3.60. The average molecular weight is 365 g/mol. The second-order valence-electron chi connectivity index (χ2n) is 6.46. The van der Waals surface area contributed by atoms with Gasteiger partial charge in [0.15, 0.2) is 0 Å². The molecule has 4 nitrogen and oxygen atoms in total. The molecule has 1 aliphatic rings. The first-order valence-corrected chi connectivity index (χ1v) is 9.15. The number of aromatic nitrogens is 1. The van der Waals surface area contributed by atoms with E-state index in [0.29, 0.717) is 0 Å². The molecule has 0 unspecified atom stereocenters. The van der Waals surface area contributed by atoms with E-state index in [0.717, 1.165) is 54.0 Å². The molecular weight excluding hydrogens is 344 g/mol. The van der Waals surface area contributed by atoms with Gasteiger partial charge in [0.25, 0.3) is 0 Å². The number of benzene rings is 2. The molecule has 1 aromatic heterocycles. The monoisotopic (exact) mass is 364 g/mol. The van der Waals surface area contributed by atoms with Crippen molar-refractivity contribution in [3.63, 3.8) is 0 Å². The Labute approximate surface area is 158 Å². The first-order chi connectivity index (χ1) is 12.7. The number of hydrogen-bond donors (Lipinski definition) is 1. The minimum atomic E-state index is 0.754. The second kappa shape index (κ2) is 7.26. The zero-order chi connectivity index (χ0) is 17.9. The molecule has 0 radical (unpaired) electrons. The summed E-state index contributed by atoms with van der Waals surface area (Å²) in [6, 6.07) is 22.1. The van der Waals surface area contributed by atoms with E-state index < -0.39 is 0 Å². The molecule has 1 saturated heterocycles. The summed E-state index contributed by atoms with van der Waals surface area (Å²) >= 11 is 6.12. The van der Waals surface area contributed by atoms with Gasteiger partial charge in [0.1, 0.15) is 5.82 Å². The minimum Gasteiger partial charge on any atom is -0.399 e. The number of nitrogen functional groups attached to an aromatic ring is 1. The van der Waals surface area contributed by atoms with Crippen molar-refractivity contribution in [2.24, 2.45) is 0 Å². The molecule has 5 heteroatoms. The highest BCUT2D eigenvalue weighted by atomic mass is 35.5. The maximum Gasteiger partial charge on any atom is 0.129 e. The van der Waals surface area contributed by atoms with E-state index in [1.165, 1.54) is 5.69 Å². The highest BCUT2D eigenvalue weighted by Crippen LogP contribution is 2.25.